The van der Waals surface area contributed by atoms with Gasteiger partial charge in [0.15, 0.2) is 11.5 Å². The average molecular weight is 432 g/mol. The highest BCUT2D eigenvalue weighted by molar-refractivity contribution is 14.1. The largest absolute Gasteiger partial charge is 0.493 e. The molecule has 2 rings (SSSR count). The molecule has 1 heterocycles. The second-order valence-corrected chi connectivity index (χ2v) is 6.67. The molecule has 118 valence electrons. The van der Waals surface area contributed by atoms with E-state index in [4.69, 9.17) is 15.2 Å². The smallest absolute Gasteiger partial charge is 0.205 e. The minimum absolute atomic E-state index is 0.0824. The topological polar surface area (TPSA) is 81.8 Å². The minimum Gasteiger partial charge on any atom is -0.493 e. The summed E-state index contributed by atoms with van der Waals surface area (Å²) in [5.41, 5.74) is 9.29. The molecule has 0 saturated heterocycles. The second-order valence-electron chi connectivity index (χ2n) is 4.65. The molecule has 22 heavy (non-hydrogen) atoms. The molecular weight excluding hydrogens is 415 g/mol. The molecule has 1 aromatic carbocycles. The lowest BCUT2D eigenvalue weighted by molar-refractivity contribution is 0.228. The van der Waals surface area contributed by atoms with E-state index in [9.17, 15) is 0 Å². The fourth-order valence-corrected chi connectivity index (χ4v) is 2.97. The standard InChI is InChI=1S/C14H17IN4O2S/c1-8(2)21-13-10(15)4-9(5-11(13)20-3)6-17-19-14-18-12(16)7-22-14/h4-8H,16H2,1-3H3,(H,18,19). The Balaban J connectivity index is 2.16. The number of methoxy groups -OCH3 is 1. The number of ether oxygens (including phenoxy) is 2. The lowest BCUT2D eigenvalue weighted by Crippen LogP contribution is -2.08. The van der Waals surface area contributed by atoms with Gasteiger partial charge in [-0.3, -0.25) is 5.43 Å². The highest BCUT2D eigenvalue weighted by atomic mass is 127. The van der Waals surface area contributed by atoms with E-state index in [1.54, 1.807) is 18.7 Å². The lowest BCUT2D eigenvalue weighted by atomic mass is 10.2. The minimum atomic E-state index is 0.0824. The molecule has 0 aliphatic rings. The number of nitrogen functional groups attached to an aromatic ring is 1. The first-order valence-corrected chi connectivity index (χ1v) is 8.49. The van der Waals surface area contributed by atoms with Crippen molar-refractivity contribution in [1.82, 2.24) is 4.98 Å². The Bertz CT molecular complexity index is 673. The van der Waals surface area contributed by atoms with E-state index in [1.807, 2.05) is 26.0 Å². The van der Waals surface area contributed by atoms with Gasteiger partial charge in [-0.05, 0) is 54.1 Å². The molecule has 0 amide bonds. The number of nitrogens with one attached hydrogen (secondary N) is 1. The van der Waals surface area contributed by atoms with Gasteiger partial charge < -0.3 is 15.2 Å². The zero-order valence-corrected chi connectivity index (χ0v) is 15.4. The third kappa shape index (κ3) is 4.47. The van der Waals surface area contributed by atoms with E-state index in [0.29, 0.717) is 16.7 Å². The number of benzene rings is 1. The van der Waals surface area contributed by atoms with Crippen LogP contribution in [0.2, 0.25) is 0 Å². The molecule has 0 aliphatic heterocycles. The molecule has 0 saturated carbocycles. The predicted molar refractivity (Wildman–Crippen MR) is 99.2 cm³/mol. The van der Waals surface area contributed by atoms with Crippen LogP contribution in [-0.4, -0.2) is 24.4 Å². The number of hydrazone groups is 1. The van der Waals surface area contributed by atoms with Gasteiger partial charge in [0.05, 0.1) is 23.0 Å². The molecule has 1 aromatic heterocycles. The van der Waals surface area contributed by atoms with Crippen LogP contribution < -0.4 is 20.6 Å². The van der Waals surface area contributed by atoms with E-state index in [0.717, 1.165) is 14.9 Å². The van der Waals surface area contributed by atoms with Gasteiger partial charge in [0.25, 0.3) is 0 Å². The second kappa shape index (κ2) is 7.63. The van der Waals surface area contributed by atoms with Crippen molar-refractivity contribution < 1.29 is 9.47 Å². The summed E-state index contributed by atoms with van der Waals surface area (Å²) in [5, 5.41) is 6.55. The Morgan fingerprint density at radius 3 is 2.82 bits per heavy atom. The number of halogens is 1. The molecule has 0 unspecified atom stereocenters. The molecular formula is C14H17IN4O2S. The van der Waals surface area contributed by atoms with Crippen molar-refractivity contribution >= 4 is 51.1 Å². The van der Waals surface area contributed by atoms with E-state index in [1.165, 1.54) is 11.3 Å². The van der Waals surface area contributed by atoms with Crippen LogP contribution in [0, 0.1) is 3.57 Å². The molecule has 0 spiro atoms. The Morgan fingerprint density at radius 2 is 2.23 bits per heavy atom. The molecule has 2 aromatic rings. The van der Waals surface area contributed by atoms with Gasteiger partial charge in [-0.25, -0.2) is 4.98 Å². The van der Waals surface area contributed by atoms with Crippen LogP contribution in [-0.2, 0) is 0 Å². The van der Waals surface area contributed by atoms with Crippen molar-refractivity contribution in [1.29, 1.82) is 0 Å². The van der Waals surface area contributed by atoms with E-state index in [2.05, 4.69) is 38.1 Å². The molecule has 0 aliphatic carbocycles. The summed E-state index contributed by atoms with van der Waals surface area (Å²) in [7, 11) is 1.62. The number of anilines is 2. The van der Waals surface area contributed by atoms with Crippen LogP contribution in [0.5, 0.6) is 11.5 Å². The number of hydrogen-bond acceptors (Lipinski definition) is 7. The highest BCUT2D eigenvalue weighted by Crippen LogP contribution is 2.34. The molecule has 0 atom stereocenters. The summed E-state index contributed by atoms with van der Waals surface area (Å²) >= 11 is 3.62. The number of thiazole rings is 1. The maximum Gasteiger partial charge on any atom is 0.205 e. The summed E-state index contributed by atoms with van der Waals surface area (Å²) < 4.78 is 12.1. The van der Waals surface area contributed by atoms with Gasteiger partial charge >= 0.3 is 0 Å². The molecule has 0 bridgehead atoms. The van der Waals surface area contributed by atoms with Crippen molar-refractivity contribution in [2.75, 3.05) is 18.3 Å². The quantitative estimate of drug-likeness (QED) is 0.415. The Hall–Kier alpha value is -1.55. The van der Waals surface area contributed by atoms with Crippen molar-refractivity contribution in [2.24, 2.45) is 5.10 Å². The van der Waals surface area contributed by atoms with Crippen LogP contribution in [0.25, 0.3) is 0 Å². The SMILES string of the molecule is COc1cc(C=NNc2nc(N)cs2)cc(I)c1OC(C)C. The summed E-state index contributed by atoms with van der Waals surface area (Å²) in [6.45, 7) is 3.96. The van der Waals surface area contributed by atoms with Gasteiger partial charge in [-0.1, -0.05) is 0 Å². The number of nitrogens with zero attached hydrogens (tertiary/aromatic N) is 2. The van der Waals surface area contributed by atoms with Gasteiger partial charge in [0.1, 0.15) is 5.82 Å². The summed E-state index contributed by atoms with van der Waals surface area (Å²) in [5.74, 6) is 1.91. The molecule has 0 radical (unpaired) electrons. The van der Waals surface area contributed by atoms with Gasteiger partial charge in [0, 0.05) is 5.38 Å². The molecule has 3 N–H and O–H groups in total. The predicted octanol–water partition coefficient (Wildman–Crippen LogP) is 3.57. The van der Waals surface area contributed by atoms with Crippen LogP contribution in [0.3, 0.4) is 0 Å². The number of rotatable bonds is 6. The summed E-state index contributed by atoms with van der Waals surface area (Å²) in [4.78, 5) is 4.07. The number of hydrogen-bond donors (Lipinski definition) is 2. The summed E-state index contributed by atoms with van der Waals surface area (Å²) in [6.07, 6.45) is 1.78. The Labute approximate surface area is 146 Å². The monoisotopic (exact) mass is 432 g/mol. The Kier molecular flexibility index (Phi) is 5.83. The Morgan fingerprint density at radius 1 is 1.45 bits per heavy atom. The van der Waals surface area contributed by atoms with Crippen molar-refractivity contribution in [3.8, 4) is 11.5 Å². The fourth-order valence-electron chi connectivity index (χ4n) is 1.66. The number of aromatic nitrogens is 1. The zero-order chi connectivity index (χ0) is 16.1. The first kappa shape index (κ1) is 16.8. The van der Waals surface area contributed by atoms with E-state index < -0.39 is 0 Å². The van der Waals surface area contributed by atoms with Crippen molar-refractivity contribution in [3.05, 3.63) is 26.6 Å². The number of nitrogens with two attached hydrogens (primary N) is 1. The van der Waals surface area contributed by atoms with Gasteiger partial charge in [-0.15, -0.1) is 11.3 Å². The maximum atomic E-state index is 5.78. The fraction of sp³-hybridized carbons (Fsp3) is 0.286. The highest BCUT2D eigenvalue weighted by Gasteiger charge is 2.12. The van der Waals surface area contributed by atoms with Gasteiger partial charge in [0.2, 0.25) is 5.13 Å². The third-order valence-corrected chi connectivity index (χ3v) is 4.07. The van der Waals surface area contributed by atoms with Crippen LogP contribution in [0.1, 0.15) is 19.4 Å². The van der Waals surface area contributed by atoms with E-state index >= 15 is 0 Å². The maximum absolute atomic E-state index is 5.78. The third-order valence-electron chi connectivity index (χ3n) is 2.50. The van der Waals surface area contributed by atoms with Crippen molar-refractivity contribution in [3.63, 3.8) is 0 Å². The molecule has 8 heteroatoms. The average Bonchev–Trinajstić information content (AvgIpc) is 2.86. The van der Waals surface area contributed by atoms with Crippen molar-refractivity contribution in [2.45, 2.75) is 20.0 Å². The molecule has 0 fully saturated rings. The van der Waals surface area contributed by atoms with Crippen LogP contribution in [0.15, 0.2) is 22.6 Å². The first-order chi connectivity index (χ1) is 10.5. The molecule has 6 nitrogen and oxygen atoms in total. The normalized spacial score (nSPS) is 11.1. The first-order valence-electron chi connectivity index (χ1n) is 6.54. The summed E-state index contributed by atoms with van der Waals surface area (Å²) in [6, 6.07) is 3.85. The van der Waals surface area contributed by atoms with Crippen LogP contribution in [0.4, 0.5) is 10.9 Å². The lowest BCUT2D eigenvalue weighted by Gasteiger charge is -2.15. The van der Waals surface area contributed by atoms with Gasteiger partial charge in [-0.2, -0.15) is 5.10 Å². The van der Waals surface area contributed by atoms with E-state index in [-0.39, 0.29) is 6.10 Å². The zero-order valence-electron chi connectivity index (χ0n) is 12.5. The van der Waals surface area contributed by atoms with Crippen LogP contribution >= 0.6 is 33.9 Å².